The Morgan fingerprint density at radius 2 is 2.21 bits per heavy atom. The number of carbonyl (C=O) groups is 1. The molecule has 0 saturated heterocycles. The molecule has 7 nitrogen and oxygen atoms in total. The summed E-state index contributed by atoms with van der Waals surface area (Å²) < 4.78 is 6.33. The van der Waals surface area contributed by atoms with Crippen molar-refractivity contribution < 1.29 is 14.5 Å². The first-order valence-corrected chi connectivity index (χ1v) is 8.80. The lowest BCUT2D eigenvalue weighted by Gasteiger charge is -2.02. The van der Waals surface area contributed by atoms with Crippen LogP contribution in [0.1, 0.15) is 21.5 Å². The number of hydrazone groups is 1. The van der Waals surface area contributed by atoms with Gasteiger partial charge in [-0.2, -0.15) is 5.10 Å². The number of methoxy groups -OCH3 is 1. The van der Waals surface area contributed by atoms with Gasteiger partial charge in [-0.25, -0.2) is 5.43 Å². The van der Waals surface area contributed by atoms with Gasteiger partial charge in [-0.1, -0.05) is 11.3 Å². The fourth-order valence-electron chi connectivity index (χ4n) is 1.94. The van der Waals surface area contributed by atoms with Crippen LogP contribution in [0.25, 0.3) is 0 Å². The zero-order valence-corrected chi connectivity index (χ0v) is 14.9. The lowest BCUT2D eigenvalue weighted by Crippen LogP contribution is -2.17. The van der Waals surface area contributed by atoms with Crippen molar-refractivity contribution in [3.63, 3.8) is 0 Å². The highest BCUT2D eigenvalue weighted by Gasteiger charge is 2.13. The number of rotatable bonds is 6. The van der Waals surface area contributed by atoms with Crippen LogP contribution in [0, 0.1) is 17.0 Å². The number of thioether (sulfide) groups is 1. The number of hydrogen-bond donors (Lipinski definition) is 1. The van der Waals surface area contributed by atoms with Gasteiger partial charge in [-0.3, -0.25) is 14.9 Å². The Bertz CT molecular complexity index is 802. The van der Waals surface area contributed by atoms with Crippen LogP contribution in [0.3, 0.4) is 0 Å². The summed E-state index contributed by atoms with van der Waals surface area (Å²) in [6.45, 7) is 1.58. The molecular formula is C15H15N3O4S2. The normalized spacial score (nSPS) is 10.8. The molecule has 0 unspecified atom stereocenters. The van der Waals surface area contributed by atoms with E-state index < -0.39 is 10.8 Å². The van der Waals surface area contributed by atoms with Crippen molar-refractivity contribution in [3.05, 3.63) is 51.1 Å². The predicted molar refractivity (Wildman–Crippen MR) is 95.5 cm³/mol. The van der Waals surface area contributed by atoms with E-state index in [4.69, 9.17) is 4.74 Å². The minimum atomic E-state index is -0.485. The molecule has 0 radical (unpaired) electrons. The molecule has 0 aliphatic heterocycles. The number of carbonyl (C=O) groups excluding carboxylic acids is 1. The second-order valence-electron chi connectivity index (χ2n) is 4.67. The van der Waals surface area contributed by atoms with Crippen molar-refractivity contribution in [1.82, 2.24) is 5.43 Å². The number of amides is 1. The Morgan fingerprint density at radius 1 is 1.46 bits per heavy atom. The largest absolute Gasteiger partial charge is 0.487 e. The van der Waals surface area contributed by atoms with Crippen molar-refractivity contribution in [2.45, 2.75) is 11.1 Å². The molecule has 2 rings (SSSR count). The van der Waals surface area contributed by atoms with E-state index in [-0.39, 0.29) is 5.69 Å². The smallest absolute Gasteiger partial charge is 0.272 e. The fraction of sp³-hybridized carbons (Fsp3) is 0.200. The first kappa shape index (κ1) is 18.0. The van der Waals surface area contributed by atoms with Gasteiger partial charge in [0.2, 0.25) is 0 Å². The summed E-state index contributed by atoms with van der Waals surface area (Å²) in [5.74, 6) is -0.441. The lowest BCUT2D eigenvalue weighted by molar-refractivity contribution is -0.385. The van der Waals surface area contributed by atoms with E-state index >= 15 is 0 Å². The van der Waals surface area contributed by atoms with Gasteiger partial charge in [0, 0.05) is 22.8 Å². The van der Waals surface area contributed by atoms with E-state index in [0.29, 0.717) is 16.2 Å². The van der Waals surface area contributed by atoms with Crippen LogP contribution in [0.4, 0.5) is 5.69 Å². The maximum absolute atomic E-state index is 12.1. The van der Waals surface area contributed by atoms with Crippen LogP contribution in [0.2, 0.25) is 0 Å². The molecule has 1 N–H and O–H groups in total. The summed E-state index contributed by atoms with van der Waals surface area (Å²) in [6.07, 6.45) is 3.47. The molecule has 24 heavy (non-hydrogen) atoms. The molecule has 126 valence electrons. The van der Waals surface area contributed by atoms with Crippen molar-refractivity contribution in [1.29, 1.82) is 0 Å². The highest BCUT2D eigenvalue weighted by atomic mass is 32.2. The Morgan fingerprint density at radius 3 is 2.79 bits per heavy atom. The SMILES string of the molecule is COc1sc(SC)cc1C=NNC(=O)c1ccc([N+](=O)[O-])c(C)c1. The Kier molecular flexibility index (Phi) is 5.93. The average Bonchev–Trinajstić information content (AvgIpc) is 2.96. The molecule has 0 saturated carbocycles. The standard InChI is InChI=1S/C15H15N3O4S2/c1-9-6-10(4-5-12(9)18(20)21)14(19)17-16-8-11-7-13(23-3)24-15(11)22-2/h4-8H,1-3H3,(H,17,19). The predicted octanol–water partition coefficient (Wildman–Crippen LogP) is 3.46. The number of hydrogen-bond acceptors (Lipinski definition) is 7. The summed E-state index contributed by atoms with van der Waals surface area (Å²) in [6, 6.07) is 6.08. The summed E-state index contributed by atoms with van der Waals surface area (Å²) in [5.41, 5.74) is 3.87. The van der Waals surface area contributed by atoms with Gasteiger partial charge in [-0.05, 0) is 31.4 Å². The van der Waals surface area contributed by atoms with Gasteiger partial charge in [0.1, 0.15) is 0 Å². The van der Waals surface area contributed by atoms with Crippen LogP contribution in [-0.2, 0) is 0 Å². The number of nitrogens with zero attached hydrogens (tertiary/aromatic N) is 2. The monoisotopic (exact) mass is 365 g/mol. The molecule has 0 atom stereocenters. The minimum absolute atomic E-state index is 0.0253. The molecule has 0 aliphatic carbocycles. The van der Waals surface area contributed by atoms with Crippen LogP contribution >= 0.6 is 23.1 Å². The molecule has 1 heterocycles. The number of ether oxygens (including phenoxy) is 1. The Labute approximate surface area is 146 Å². The third-order valence-corrected chi connectivity index (χ3v) is 5.29. The first-order valence-electron chi connectivity index (χ1n) is 6.76. The Hall–Kier alpha value is -2.39. The Balaban J connectivity index is 2.09. The molecule has 1 amide bonds. The summed E-state index contributed by atoms with van der Waals surface area (Å²) in [5, 5.41) is 15.4. The molecule has 1 aromatic heterocycles. The van der Waals surface area contributed by atoms with Crippen LogP contribution in [-0.4, -0.2) is 30.4 Å². The number of nitro benzene ring substituents is 1. The lowest BCUT2D eigenvalue weighted by atomic mass is 10.1. The fourth-order valence-corrected chi connectivity index (χ4v) is 3.43. The quantitative estimate of drug-likeness (QED) is 0.366. The molecule has 9 heteroatoms. The molecular weight excluding hydrogens is 350 g/mol. The maximum Gasteiger partial charge on any atom is 0.272 e. The van der Waals surface area contributed by atoms with E-state index in [1.54, 1.807) is 25.8 Å². The van der Waals surface area contributed by atoms with Crippen molar-refractivity contribution in [3.8, 4) is 5.06 Å². The maximum atomic E-state index is 12.1. The van der Waals surface area contributed by atoms with Crippen LogP contribution in [0.15, 0.2) is 33.6 Å². The molecule has 2 aromatic rings. The third kappa shape index (κ3) is 4.12. The molecule has 0 spiro atoms. The van der Waals surface area contributed by atoms with Gasteiger partial charge < -0.3 is 4.74 Å². The van der Waals surface area contributed by atoms with E-state index in [9.17, 15) is 14.9 Å². The highest BCUT2D eigenvalue weighted by Crippen LogP contribution is 2.34. The number of thiophene rings is 1. The number of aryl methyl sites for hydroxylation is 1. The molecule has 0 aliphatic rings. The van der Waals surface area contributed by atoms with Crippen molar-refractivity contribution in [2.75, 3.05) is 13.4 Å². The zero-order valence-electron chi connectivity index (χ0n) is 13.2. The van der Waals surface area contributed by atoms with Crippen molar-refractivity contribution in [2.24, 2.45) is 5.10 Å². The average molecular weight is 365 g/mol. The first-order chi connectivity index (χ1) is 11.5. The van der Waals surface area contributed by atoms with E-state index in [0.717, 1.165) is 9.77 Å². The van der Waals surface area contributed by atoms with Gasteiger partial charge in [-0.15, -0.1) is 11.8 Å². The summed E-state index contributed by atoms with van der Waals surface area (Å²) >= 11 is 3.09. The molecule has 0 bridgehead atoms. The highest BCUT2D eigenvalue weighted by molar-refractivity contribution is 8.00. The van der Waals surface area contributed by atoms with Gasteiger partial charge >= 0.3 is 0 Å². The van der Waals surface area contributed by atoms with Gasteiger partial charge in [0.25, 0.3) is 11.6 Å². The van der Waals surface area contributed by atoms with Gasteiger partial charge in [0.05, 0.1) is 22.5 Å². The molecule has 0 fully saturated rings. The third-order valence-electron chi connectivity index (χ3n) is 3.11. The topological polar surface area (TPSA) is 93.8 Å². The van der Waals surface area contributed by atoms with Crippen LogP contribution < -0.4 is 10.2 Å². The van der Waals surface area contributed by atoms with E-state index in [1.807, 2.05) is 12.3 Å². The second-order valence-corrected chi connectivity index (χ2v) is 6.80. The van der Waals surface area contributed by atoms with E-state index in [1.165, 1.54) is 35.8 Å². The second kappa shape index (κ2) is 7.93. The summed E-state index contributed by atoms with van der Waals surface area (Å²) in [4.78, 5) is 22.4. The van der Waals surface area contributed by atoms with Crippen molar-refractivity contribution >= 4 is 40.9 Å². The number of benzene rings is 1. The van der Waals surface area contributed by atoms with E-state index in [2.05, 4.69) is 10.5 Å². The number of nitro groups is 1. The summed E-state index contributed by atoms with van der Waals surface area (Å²) in [7, 11) is 1.57. The minimum Gasteiger partial charge on any atom is -0.487 e. The van der Waals surface area contributed by atoms with Crippen LogP contribution in [0.5, 0.6) is 5.06 Å². The van der Waals surface area contributed by atoms with Gasteiger partial charge in [0.15, 0.2) is 5.06 Å². The number of nitrogens with one attached hydrogen (secondary N) is 1. The zero-order chi connectivity index (χ0) is 17.7. The molecule has 1 aromatic carbocycles.